The van der Waals surface area contributed by atoms with Crippen molar-refractivity contribution < 1.29 is 9.59 Å². The third-order valence-corrected chi connectivity index (χ3v) is 5.67. The summed E-state index contributed by atoms with van der Waals surface area (Å²) in [6.45, 7) is 6.09. The van der Waals surface area contributed by atoms with Crippen LogP contribution in [0.2, 0.25) is 0 Å². The van der Waals surface area contributed by atoms with Crippen molar-refractivity contribution in [3.05, 3.63) is 64.7 Å². The third kappa shape index (κ3) is 3.80. The lowest BCUT2D eigenvalue weighted by Gasteiger charge is -2.29. The van der Waals surface area contributed by atoms with Crippen LogP contribution in [-0.2, 0) is 9.59 Å². The van der Waals surface area contributed by atoms with Gasteiger partial charge in [0.1, 0.15) is 5.57 Å². The molecule has 4 rings (SSSR count). The summed E-state index contributed by atoms with van der Waals surface area (Å²) in [5.74, 6) is -0.876. The second kappa shape index (κ2) is 7.79. The number of carbonyl (C=O) groups excluding carboxylic acids is 2. The molecule has 2 amide bonds. The largest absolute Gasteiger partial charge is 0.372 e. The number of nitrogens with zero attached hydrogens (tertiary/aromatic N) is 2. The second-order valence-corrected chi connectivity index (χ2v) is 7.92. The molecule has 0 saturated carbocycles. The van der Waals surface area contributed by atoms with E-state index >= 15 is 0 Å². The van der Waals surface area contributed by atoms with E-state index in [1.54, 1.807) is 6.08 Å². The van der Waals surface area contributed by atoms with Crippen LogP contribution in [0.3, 0.4) is 0 Å². The van der Waals surface area contributed by atoms with Crippen molar-refractivity contribution in [3.63, 3.8) is 0 Å². The van der Waals surface area contributed by atoms with Gasteiger partial charge in [0, 0.05) is 18.8 Å². The minimum atomic E-state index is -0.466. The zero-order valence-electron chi connectivity index (χ0n) is 16.6. The van der Waals surface area contributed by atoms with Gasteiger partial charge in [-0.3, -0.25) is 19.8 Å². The quantitative estimate of drug-likeness (QED) is 0.480. The Bertz CT molecular complexity index is 1040. The van der Waals surface area contributed by atoms with Crippen molar-refractivity contribution >= 4 is 46.6 Å². The Morgan fingerprint density at radius 2 is 1.76 bits per heavy atom. The highest BCUT2D eigenvalue weighted by molar-refractivity contribution is 7.80. The number of amides is 2. The lowest BCUT2D eigenvalue weighted by Crippen LogP contribution is -2.54. The molecule has 2 aromatic carbocycles. The topological polar surface area (TPSA) is 52.7 Å². The molecule has 0 radical (unpaired) electrons. The predicted octanol–water partition coefficient (Wildman–Crippen LogP) is 3.73. The van der Waals surface area contributed by atoms with Crippen molar-refractivity contribution in [2.75, 3.05) is 22.9 Å². The molecule has 1 N–H and O–H groups in total. The van der Waals surface area contributed by atoms with E-state index in [1.807, 2.05) is 44.2 Å². The van der Waals surface area contributed by atoms with Crippen LogP contribution >= 0.6 is 12.2 Å². The van der Waals surface area contributed by atoms with Crippen molar-refractivity contribution in [3.8, 4) is 0 Å². The Kier molecular flexibility index (Phi) is 5.20. The molecular weight excluding hydrogens is 382 g/mol. The summed E-state index contributed by atoms with van der Waals surface area (Å²) in [5, 5.41) is 2.75. The lowest BCUT2D eigenvalue weighted by molar-refractivity contribution is -0.122. The number of hydrogen-bond donors (Lipinski definition) is 1. The van der Waals surface area contributed by atoms with Crippen LogP contribution in [0.4, 0.5) is 11.4 Å². The van der Waals surface area contributed by atoms with Gasteiger partial charge < -0.3 is 4.90 Å². The first kappa shape index (κ1) is 19.3. The first-order valence-corrected chi connectivity index (χ1v) is 10.2. The zero-order valence-corrected chi connectivity index (χ0v) is 17.4. The molecule has 0 atom stereocenters. The maximum absolute atomic E-state index is 13.2. The Hall–Kier alpha value is -2.99. The normalized spacial score (nSPS) is 18.6. The highest BCUT2D eigenvalue weighted by Crippen LogP contribution is 2.26. The van der Waals surface area contributed by atoms with Crippen LogP contribution in [0.25, 0.3) is 6.08 Å². The maximum Gasteiger partial charge on any atom is 0.270 e. The summed E-state index contributed by atoms with van der Waals surface area (Å²) >= 11 is 5.27. The van der Waals surface area contributed by atoms with E-state index in [-0.39, 0.29) is 10.7 Å². The van der Waals surface area contributed by atoms with Crippen LogP contribution in [0.15, 0.2) is 48.0 Å². The van der Waals surface area contributed by atoms with Gasteiger partial charge in [0.05, 0.1) is 5.69 Å². The molecule has 0 spiro atoms. The summed E-state index contributed by atoms with van der Waals surface area (Å²) in [4.78, 5) is 29.4. The smallest absolute Gasteiger partial charge is 0.270 e. The molecule has 2 fully saturated rings. The zero-order chi connectivity index (χ0) is 20.5. The van der Waals surface area contributed by atoms with E-state index in [4.69, 9.17) is 12.2 Å². The van der Waals surface area contributed by atoms with Crippen LogP contribution in [-0.4, -0.2) is 30.0 Å². The number of benzene rings is 2. The van der Waals surface area contributed by atoms with Gasteiger partial charge in [0.15, 0.2) is 5.11 Å². The number of nitrogens with one attached hydrogen (secondary N) is 1. The molecule has 2 aromatic rings. The first-order chi connectivity index (χ1) is 13.9. The summed E-state index contributed by atoms with van der Waals surface area (Å²) in [5.41, 5.74) is 4.79. The minimum absolute atomic E-state index is 0.0807. The summed E-state index contributed by atoms with van der Waals surface area (Å²) < 4.78 is 0. The van der Waals surface area contributed by atoms with Crippen molar-refractivity contribution in [2.45, 2.75) is 26.7 Å². The van der Waals surface area contributed by atoms with Crippen molar-refractivity contribution in [1.82, 2.24) is 5.32 Å². The standard InChI is InChI=1S/C23H23N3O2S/c1-15-6-5-7-19(12-15)26-22(28)20(21(27)24-23(26)29)14-17-8-9-18(13-16(17)2)25-10-3-4-11-25/h5-9,12-14H,3-4,10-11H2,1-2H3,(H,24,27,29)/b20-14+. The summed E-state index contributed by atoms with van der Waals surface area (Å²) in [6, 6.07) is 13.6. The summed E-state index contributed by atoms with van der Waals surface area (Å²) in [7, 11) is 0. The fourth-order valence-corrected chi connectivity index (χ4v) is 4.09. The van der Waals surface area contributed by atoms with Crippen molar-refractivity contribution in [2.24, 2.45) is 0 Å². The molecule has 0 unspecified atom stereocenters. The molecule has 6 heteroatoms. The third-order valence-electron chi connectivity index (χ3n) is 5.39. The van der Waals surface area contributed by atoms with E-state index in [0.29, 0.717) is 5.69 Å². The second-order valence-electron chi connectivity index (χ2n) is 7.53. The number of thiocarbonyl (C=S) groups is 1. The first-order valence-electron chi connectivity index (χ1n) is 9.78. The van der Waals surface area contributed by atoms with Gasteiger partial charge in [0.2, 0.25) is 0 Å². The highest BCUT2D eigenvalue weighted by Gasteiger charge is 2.34. The Morgan fingerprint density at radius 1 is 1.00 bits per heavy atom. The number of hydrogen-bond acceptors (Lipinski definition) is 4. The molecule has 0 aromatic heterocycles. The van der Waals surface area contributed by atoms with E-state index in [0.717, 1.165) is 29.8 Å². The van der Waals surface area contributed by atoms with Crippen molar-refractivity contribution in [1.29, 1.82) is 0 Å². The van der Waals surface area contributed by atoms with Gasteiger partial charge in [0.25, 0.3) is 11.8 Å². The molecule has 29 heavy (non-hydrogen) atoms. The Morgan fingerprint density at radius 3 is 2.45 bits per heavy atom. The minimum Gasteiger partial charge on any atom is -0.372 e. The van der Waals surface area contributed by atoms with Gasteiger partial charge in [-0.05, 0) is 85.9 Å². The van der Waals surface area contributed by atoms with Gasteiger partial charge in [-0.2, -0.15) is 0 Å². The van der Waals surface area contributed by atoms with Gasteiger partial charge >= 0.3 is 0 Å². The predicted molar refractivity (Wildman–Crippen MR) is 120 cm³/mol. The highest BCUT2D eigenvalue weighted by atomic mass is 32.1. The van der Waals surface area contributed by atoms with E-state index in [1.165, 1.54) is 23.4 Å². The van der Waals surface area contributed by atoms with Gasteiger partial charge in [-0.1, -0.05) is 18.2 Å². The van der Waals surface area contributed by atoms with Gasteiger partial charge in [-0.15, -0.1) is 0 Å². The molecule has 5 nitrogen and oxygen atoms in total. The molecular formula is C23H23N3O2S. The summed E-state index contributed by atoms with van der Waals surface area (Å²) in [6.07, 6.45) is 4.09. The monoisotopic (exact) mass is 405 g/mol. The van der Waals surface area contributed by atoms with Crippen LogP contribution in [0.1, 0.15) is 29.5 Å². The van der Waals surface area contributed by atoms with Gasteiger partial charge in [-0.25, -0.2) is 0 Å². The molecule has 2 saturated heterocycles. The molecule has 2 aliphatic rings. The molecule has 2 heterocycles. The molecule has 148 valence electrons. The number of aryl methyl sites for hydroxylation is 2. The average Bonchev–Trinajstić information content (AvgIpc) is 3.21. The van der Waals surface area contributed by atoms with Crippen LogP contribution < -0.4 is 15.1 Å². The number of carbonyl (C=O) groups is 2. The van der Waals surface area contributed by atoms with Crippen LogP contribution in [0, 0.1) is 13.8 Å². The fraction of sp³-hybridized carbons (Fsp3) is 0.261. The number of rotatable bonds is 3. The SMILES string of the molecule is Cc1cccc(N2C(=O)/C(=C/c3ccc(N4CCCC4)cc3C)C(=O)NC2=S)c1. The van der Waals surface area contributed by atoms with Crippen LogP contribution in [0.5, 0.6) is 0 Å². The molecule has 2 aliphatic heterocycles. The fourth-order valence-electron chi connectivity index (χ4n) is 3.81. The van der Waals surface area contributed by atoms with E-state index in [9.17, 15) is 9.59 Å². The number of anilines is 2. The Balaban J connectivity index is 1.67. The van der Waals surface area contributed by atoms with E-state index in [2.05, 4.69) is 22.3 Å². The van der Waals surface area contributed by atoms with E-state index < -0.39 is 11.8 Å². The average molecular weight is 406 g/mol. The maximum atomic E-state index is 13.2. The Labute approximate surface area is 176 Å². The lowest BCUT2D eigenvalue weighted by atomic mass is 10.0. The molecule has 0 aliphatic carbocycles. The molecule has 0 bridgehead atoms.